The van der Waals surface area contributed by atoms with Crippen molar-refractivity contribution in [3.8, 4) is 11.5 Å². The number of amides is 2. The number of hydrogen-bond donors (Lipinski definition) is 1. The van der Waals surface area contributed by atoms with Crippen LogP contribution in [0.5, 0.6) is 11.5 Å². The highest BCUT2D eigenvalue weighted by atomic mass is 79.9. The van der Waals surface area contributed by atoms with Gasteiger partial charge in [-0.25, -0.2) is 0 Å². The van der Waals surface area contributed by atoms with E-state index in [4.69, 9.17) is 21.7 Å². The lowest BCUT2D eigenvalue weighted by atomic mass is 10.1. The first-order valence-electron chi connectivity index (χ1n) is 12.5. The topological polar surface area (TPSA) is 67.9 Å². The first-order valence-corrected chi connectivity index (χ1v) is 14.5. The minimum Gasteiger partial charge on any atom is -0.490 e. The van der Waals surface area contributed by atoms with Crippen molar-refractivity contribution in [2.75, 3.05) is 25.1 Å². The molecule has 0 unspecified atom stereocenters. The van der Waals surface area contributed by atoms with Crippen molar-refractivity contribution in [2.45, 2.75) is 27.2 Å². The van der Waals surface area contributed by atoms with Gasteiger partial charge in [0.1, 0.15) is 4.32 Å². The average molecular weight is 626 g/mol. The van der Waals surface area contributed by atoms with Gasteiger partial charge in [0, 0.05) is 16.7 Å². The Balaban J connectivity index is 1.42. The van der Waals surface area contributed by atoms with Crippen LogP contribution in [0.1, 0.15) is 29.2 Å². The monoisotopic (exact) mass is 624 g/mol. The normalized spacial score (nSPS) is 14.2. The maximum atomic E-state index is 13.1. The largest absolute Gasteiger partial charge is 0.490 e. The number of aryl methyl sites for hydroxylation is 2. The molecule has 0 radical (unpaired) electrons. The molecule has 3 aromatic carbocycles. The first kappa shape index (κ1) is 28.9. The Kier molecular flexibility index (Phi) is 9.83. The summed E-state index contributed by atoms with van der Waals surface area (Å²) in [6.45, 7) is 6.54. The van der Waals surface area contributed by atoms with Crippen molar-refractivity contribution >= 4 is 67.8 Å². The summed E-state index contributed by atoms with van der Waals surface area (Å²) in [4.78, 5) is 27.9. The summed E-state index contributed by atoms with van der Waals surface area (Å²) in [5.74, 6) is 0.571. The molecule has 1 heterocycles. The molecule has 202 valence electrons. The molecule has 0 aliphatic carbocycles. The summed E-state index contributed by atoms with van der Waals surface area (Å²) in [5.41, 5.74) is 4.62. The van der Waals surface area contributed by atoms with Gasteiger partial charge in [-0.05, 0) is 79.8 Å². The van der Waals surface area contributed by atoms with E-state index >= 15 is 0 Å². The molecule has 3 aromatic rings. The van der Waals surface area contributed by atoms with E-state index in [0.717, 1.165) is 38.8 Å². The number of thioether (sulfide) groups is 1. The molecule has 9 heteroatoms. The lowest BCUT2D eigenvalue weighted by Gasteiger charge is -2.15. The summed E-state index contributed by atoms with van der Waals surface area (Å²) in [7, 11) is 0. The van der Waals surface area contributed by atoms with Gasteiger partial charge in [0.05, 0.1) is 11.5 Å². The Hall–Kier alpha value is -3.14. The molecule has 1 fully saturated rings. The molecule has 39 heavy (non-hydrogen) atoms. The third kappa shape index (κ3) is 7.50. The predicted molar refractivity (Wildman–Crippen MR) is 165 cm³/mol. The Labute approximate surface area is 246 Å². The molecule has 0 saturated carbocycles. The Morgan fingerprint density at radius 2 is 1.77 bits per heavy atom. The quantitative estimate of drug-likeness (QED) is 0.195. The minimum atomic E-state index is -0.269. The SMILES string of the molecule is CCOc1cc(/C=C2\SC(=S)N(CCc3ccccc3)C2=O)ccc1OCC(=O)Nc1c(C)cc(Br)cc1C. The van der Waals surface area contributed by atoms with Gasteiger partial charge in [0.2, 0.25) is 0 Å². The molecule has 1 N–H and O–H groups in total. The van der Waals surface area contributed by atoms with Crippen LogP contribution in [-0.2, 0) is 16.0 Å². The van der Waals surface area contributed by atoms with Crippen molar-refractivity contribution in [3.05, 3.63) is 92.3 Å². The van der Waals surface area contributed by atoms with Crippen molar-refractivity contribution in [1.29, 1.82) is 0 Å². The van der Waals surface area contributed by atoms with Crippen molar-refractivity contribution in [2.24, 2.45) is 0 Å². The molecule has 4 rings (SSSR count). The lowest BCUT2D eigenvalue weighted by Crippen LogP contribution is -2.30. The molecule has 1 aliphatic heterocycles. The van der Waals surface area contributed by atoms with Crippen molar-refractivity contribution in [1.82, 2.24) is 4.90 Å². The third-order valence-electron chi connectivity index (χ3n) is 6.03. The number of hydrogen-bond acceptors (Lipinski definition) is 6. The van der Waals surface area contributed by atoms with Crippen LogP contribution in [0.15, 0.2) is 70.0 Å². The second-order valence-electron chi connectivity index (χ2n) is 8.96. The van der Waals surface area contributed by atoms with E-state index in [-0.39, 0.29) is 18.4 Å². The van der Waals surface area contributed by atoms with E-state index in [1.54, 1.807) is 23.1 Å². The first-order chi connectivity index (χ1) is 18.7. The van der Waals surface area contributed by atoms with Crippen LogP contribution >= 0.6 is 39.9 Å². The Morgan fingerprint density at radius 1 is 1.05 bits per heavy atom. The van der Waals surface area contributed by atoms with Gasteiger partial charge in [-0.1, -0.05) is 76.3 Å². The lowest BCUT2D eigenvalue weighted by molar-refractivity contribution is -0.122. The standard InChI is InChI=1S/C30H29BrN2O4S2/c1-4-36-25-16-22(17-26-29(35)33(30(38)39-26)13-12-21-8-6-5-7-9-21)10-11-24(25)37-18-27(34)32-28-19(2)14-23(31)15-20(28)3/h5-11,14-17H,4,12-13,18H2,1-3H3,(H,32,34)/b26-17-. The Morgan fingerprint density at radius 3 is 2.46 bits per heavy atom. The molecule has 2 amide bonds. The van der Waals surface area contributed by atoms with E-state index in [2.05, 4.69) is 21.2 Å². The van der Waals surface area contributed by atoms with E-state index in [1.165, 1.54) is 11.8 Å². The highest BCUT2D eigenvalue weighted by Gasteiger charge is 2.31. The molecule has 6 nitrogen and oxygen atoms in total. The van der Waals surface area contributed by atoms with Gasteiger partial charge in [0.25, 0.3) is 11.8 Å². The van der Waals surface area contributed by atoms with Crippen molar-refractivity contribution < 1.29 is 19.1 Å². The minimum absolute atomic E-state index is 0.102. The fraction of sp³-hybridized carbons (Fsp3) is 0.233. The number of ether oxygens (including phenoxy) is 2. The van der Waals surface area contributed by atoms with Gasteiger partial charge in [-0.2, -0.15) is 0 Å². The zero-order valence-corrected chi connectivity index (χ0v) is 25.2. The van der Waals surface area contributed by atoms with E-state index < -0.39 is 0 Å². The number of carbonyl (C=O) groups is 2. The summed E-state index contributed by atoms with van der Waals surface area (Å²) in [5, 5.41) is 2.93. The number of nitrogens with zero attached hydrogens (tertiary/aromatic N) is 1. The van der Waals surface area contributed by atoms with Gasteiger partial charge in [0.15, 0.2) is 18.1 Å². The summed E-state index contributed by atoms with van der Waals surface area (Å²) < 4.78 is 13.1. The van der Waals surface area contributed by atoms with Crippen LogP contribution in [-0.4, -0.2) is 40.8 Å². The highest BCUT2D eigenvalue weighted by molar-refractivity contribution is 9.10. The fourth-order valence-corrected chi connectivity index (χ4v) is 6.15. The number of rotatable bonds is 10. The number of carbonyl (C=O) groups excluding carboxylic acids is 2. The zero-order valence-electron chi connectivity index (χ0n) is 22.0. The van der Waals surface area contributed by atoms with E-state index in [1.807, 2.05) is 69.3 Å². The molecule has 0 aromatic heterocycles. The van der Waals surface area contributed by atoms with Crippen molar-refractivity contribution in [3.63, 3.8) is 0 Å². The predicted octanol–water partition coefficient (Wildman–Crippen LogP) is 6.93. The summed E-state index contributed by atoms with van der Waals surface area (Å²) in [6.07, 6.45) is 2.54. The van der Waals surface area contributed by atoms with Crippen LogP contribution < -0.4 is 14.8 Å². The smallest absolute Gasteiger partial charge is 0.266 e. The van der Waals surface area contributed by atoms with Gasteiger partial charge < -0.3 is 14.8 Å². The molecule has 1 aliphatic rings. The second-order valence-corrected chi connectivity index (χ2v) is 11.6. The second kappa shape index (κ2) is 13.3. The highest BCUT2D eigenvalue weighted by Crippen LogP contribution is 2.35. The number of benzene rings is 3. The number of thiocarbonyl (C=S) groups is 1. The van der Waals surface area contributed by atoms with Crippen LogP contribution in [0.25, 0.3) is 6.08 Å². The molecule has 0 bridgehead atoms. The fourth-order valence-electron chi connectivity index (χ4n) is 4.16. The molecule has 0 atom stereocenters. The van der Waals surface area contributed by atoms with Crippen LogP contribution in [0.2, 0.25) is 0 Å². The van der Waals surface area contributed by atoms with E-state index in [9.17, 15) is 9.59 Å². The molecule has 1 saturated heterocycles. The van der Waals surface area contributed by atoms with Gasteiger partial charge in [-0.15, -0.1) is 0 Å². The van der Waals surface area contributed by atoms with Gasteiger partial charge in [-0.3, -0.25) is 14.5 Å². The van der Waals surface area contributed by atoms with Crippen LogP contribution in [0.3, 0.4) is 0 Å². The summed E-state index contributed by atoms with van der Waals surface area (Å²) >= 11 is 10.3. The van der Waals surface area contributed by atoms with Crippen LogP contribution in [0.4, 0.5) is 5.69 Å². The molecule has 0 spiro atoms. The van der Waals surface area contributed by atoms with Gasteiger partial charge >= 0.3 is 0 Å². The third-order valence-corrected chi connectivity index (χ3v) is 7.86. The molecular formula is C30H29BrN2O4S2. The van der Waals surface area contributed by atoms with Crippen LogP contribution in [0, 0.1) is 13.8 Å². The maximum absolute atomic E-state index is 13.1. The number of halogens is 1. The number of nitrogens with one attached hydrogen (secondary N) is 1. The summed E-state index contributed by atoms with van der Waals surface area (Å²) in [6, 6.07) is 19.3. The van der Waals surface area contributed by atoms with E-state index in [0.29, 0.717) is 33.9 Å². The zero-order chi connectivity index (χ0) is 27.9. The maximum Gasteiger partial charge on any atom is 0.266 e. The average Bonchev–Trinajstić information content (AvgIpc) is 3.16. The Bertz CT molecular complexity index is 1400. The number of anilines is 1. The molecular weight excluding hydrogens is 596 g/mol.